The van der Waals surface area contributed by atoms with Gasteiger partial charge in [0.25, 0.3) is 5.91 Å². The highest BCUT2D eigenvalue weighted by Gasteiger charge is 2.47. The summed E-state index contributed by atoms with van der Waals surface area (Å²) < 4.78 is 5.20. The molecule has 5 nitrogen and oxygen atoms in total. The fourth-order valence-corrected chi connectivity index (χ4v) is 1.62. The molecule has 2 saturated heterocycles. The van der Waals surface area contributed by atoms with Gasteiger partial charge in [-0.2, -0.15) is 0 Å². The normalized spacial score (nSPS) is 35.5. The predicted molar refractivity (Wildman–Crippen MR) is 47.4 cm³/mol. The molecule has 2 heterocycles. The van der Waals surface area contributed by atoms with Crippen molar-refractivity contribution < 1.29 is 9.53 Å². The Labute approximate surface area is 76.6 Å². The zero-order valence-corrected chi connectivity index (χ0v) is 7.59. The monoisotopic (exact) mass is 183 g/mol. The summed E-state index contributed by atoms with van der Waals surface area (Å²) in [7, 11) is 0. The predicted octanol–water partition coefficient (Wildman–Crippen LogP) is -0.759. The third-order valence-electron chi connectivity index (χ3n) is 2.36. The molecule has 2 N–H and O–H groups in total. The molecule has 1 spiro atoms. The smallest absolute Gasteiger partial charge is 0.254 e. The van der Waals surface area contributed by atoms with Crippen LogP contribution in [-0.2, 0) is 9.53 Å². The molecule has 0 aromatic heterocycles. The maximum Gasteiger partial charge on any atom is 0.254 e. The quantitative estimate of drug-likeness (QED) is 0.561. The fraction of sp³-hybridized carbons (Fsp3) is 0.750. The molecule has 1 atom stereocenters. The second-order valence-corrected chi connectivity index (χ2v) is 3.29. The molecule has 0 aromatic rings. The van der Waals surface area contributed by atoms with E-state index in [1.165, 1.54) is 0 Å². The molecule has 0 aliphatic carbocycles. The van der Waals surface area contributed by atoms with Gasteiger partial charge < -0.3 is 10.1 Å². The molecule has 5 heteroatoms. The summed E-state index contributed by atoms with van der Waals surface area (Å²) >= 11 is 0. The molecule has 0 aromatic carbocycles. The van der Waals surface area contributed by atoms with Gasteiger partial charge in [0.1, 0.15) is 5.54 Å². The molecular weight excluding hydrogens is 170 g/mol. The summed E-state index contributed by atoms with van der Waals surface area (Å²) in [5.41, 5.74) is -0.534. The van der Waals surface area contributed by atoms with Crippen LogP contribution < -0.4 is 10.6 Å². The van der Waals surface area contributed by atoms with E-state index in [0.29, 0.717) is 25.7 Å². The number of aliphatic imine (C=N–C) groups is 1. The lowest BCUT2D eigenvalue weighted by Gasteiger charge is -2.16. The zero-order valence-electron chi connectivity index (χ0n) is 7.59. The number of nitrogens with zero attached hydrogens (tertiary/aromatic N) is 1. The van der Waals surface area contributed by atoms with E-state index in [0.717, 1.165) is 6.42 Å². The molecule has 2 aliphatic rings. The average molecular weight is 183 g/mol. The first-order chi connectivity index (χ1) is 6.27. The van der Waals surface area contributed by atoms with Gasteiger partial charge in [-0.15, -0.1) is 0 Å². The van der Waals surface area contributed by atoms with Crippen LogP contribution in [0.4, 0.5) is 0 Å². The van der Waals surface area contributed by atoms with E-state index >= 15 is 0 Å². The highest BCUT2D eigenvalue weighted by atomic mass is 16.5. The molecule has 0 saturated carbocycles. The minimum Gasteiger partial charge on any atom is -0.378 e. The van der Waals surface area contributed by atoms with Crippen LogP contribution in [0.25, 0.3) is 0 Å². The first-order valence-corrected chi connectivity index (χ1v) is 4.49. The maximum absolute atomic E-state index is 11.5. The first kappa shape index (κ1) is 8.50. The van der Waals surface area contributed by atoms with Crippen molar-refractivity contribution in [3.63, 3.8) is 0 Å². The van der Waals surface area contributed by atoms with E-state index in [-0.39, 0.29) is 5.91 Å². The standard InChI is InChI=1S/C8H13N3O2/c1-2-9-7-10-6(12)8(11-7)3-4-13-5-8/h2-5H2,1H3,(H2,9,10,11,12). The minimum atomic E-state index is -0.534. The maximum atomic E-state index is 11.5. The third kappa shape index (κ3) is 1.29. The van der Waals surface area contributed by atoms with Crippen molar-refractivity contribution in [1.29, 1.82) is 0 Å². The van der Waals surface area contributed by atoms with Gasteiger partial charge >= 0.3 is 0 Å². The lowest BCUT2D eigenvalue weighted by atomic mass is 10.00. The number of carbonyl (C=O) groups excluding carboxylic acids is 1. The molecular formula is C8H13N3O2. The van der Waals surface area contributed by atoms with Crippen LogP contribution in [0.1, 0.15) is 13.3 Å². The Balaban J connectivity index is 2.15. The van der Waals surface area contributed by atoms with Crippen molar-refractivity contribution in [3.8, 4) is 0 Å². The summed E-state index contributed by atoms with van der Waals surface area (Å²) in [6, 6.07) is 0. The molecule has 13 heavy (non-hydrogen) atoms. The van der Waals surface area contributed by atoms with Gasteiger partial charge in [0, 0.05) is 19.6 Å². The summed E-state index contributed by atoms with van der Waals surface area (Å²) in [6.45, 7) is 3.68. The number of rotatable bonds is 1. The Morgan fingerprint density at radius 2 is 2.54 bits per heavy atom. The number of guanidine groups is 1. The van der Waals surface area contributed by atoms with Crippen LogP contribution in [0, 0.1) is 0 Å². The van der Waals surface area contributed by atoms with Crippen molar-refractivity contribution in [2.45, 2.75) is 18.9 Å². The Bertz CT molecular complexity index is 256. The molecule has 0 radical (unpaired) electrons. The largest absolute Gasteiger partial charge is 0.378 e. The van der Waals surface area contributed by atoms with E-state index in [1.54, 1.807) is 0 Å². The first-order valence-electron chi connectivity index (χ1n) is 4.49. The van der Waals surface area contributed by atoms with Crippen LogP contribution in [-0.4, -0.2) is 37.2 Å². The van der Waals surface area contributed by atoms with E-state index < -0.39 is 5.54 Å². The third-order valence-corrected chi connectivity index (χ3v) is 2.36. The van der Waals surface area contributed by atoms with Gasteiger partial charge in [-0.05, 0) is 6.92 Å². The second-order valence-electron chi connectivity index (χ2n) is 3.29. The van der Waals surface area contributed by atoms with E-state index in [2.05, 4.69) is 15.6 Å². The molecule has 0 bridgehead atoms. The van der Waals surface area contributed by atoms with Crippen molar-refractivity contribution >= 4 is 11.9 Å². The Hall–Kier alpha value is -1.10. The van der Waals surface area contributed by atoms with Crippen LogP contribution in [0.15, 0.2) is 4.99 Å². The van der Waals surface area contributed by atoms with E-state index in [9.17, 15) is 4.79 Å². The lowest BCUT2D eigenvalue weighted by molar-refractivity contribution is -0.123. The fourth-order valence-electron chi connectivity index (χ4n) is 1.62. The van der Waals surface area contributed by atoms with Gasteiger partial charge in [-0.1, -0.05) is 0 Å². The molecule has 2 rings (SSSR count). The highest BCUT2D eigenvalue weighted by Crippen LogP contribution is 2.21. The number of nitrogens with one attached hydrogen (secondary N) is 2. The lowest BCUT2D eigenvalue weighted by Crippen LogP contribution is -2.47. The average Bonchev–Trinajstić information content (AvgIpc) is 2.64. The van der Waals surface area contributed by atoms with Crippen molar-refractivity contribution in [2.24, 2.45) is 4.99 Å². The highest BCUT2D eigenvalue weighted by molar-refractivity contribution is 6.09. The second kappa shape index (κ2) is 2.99. The molecule has 2 aliphatic heterocycles. The molecule has 2 fully saturated rings. The topological polar surface area (TPSA) is 62.7 Å². The van der Waals surface area contributed by atoms with Crippen LogP contribution in [0.3, 0.4) is 0 Å². The number of carbonyl (C=O) groups is 1. The number of hydrogen-bond donors (Lipinski definition) is 2. The van der Waals surface area contributed by atoms with Crippen molar-refractivity contribution in [1.82, 2.24) is 10.6 Å². The molecule has 1 amide bonds. The van der Waals surface area contributed by atoms with Gasteiger partial charge in [0.05, 0.1) is 6.61 Å². The van der Waals surface area contributed by atoms with Crippen molar-refractivity contribution in [3.05, 3.63) is 0 Å². The molecule has 72 valence electrons. The SMILES string of the molecule is CCN=C1NC(=O)C2(CCOC2)N1. The summed E-state index contributed by atoms with van der Waals surface area (Å²) in [5, 5.41) is 5.79. The summed E-state index contributed by atoms with van der Waals surface area (Å²) in [6.07, 6.45) is 0.724. The van der Waals surface area contributed by atoms with Gasteiger partial charge in [-0.25, -0.2) is 0 Å². The van der Waals surface area contributed by atoms with Gasteiger partial charge in [0.2, 0.25) is 0 Å². The van der Waals surface area contributed by atoms with E-state index in [4.69, 9.17) is 4.74 Å². The Morgan fingerprint density at radius 1 is 1.69 bits per heavy atom. The van der Waals surface area contributed by atoms with Crippen molar-refractivity contribution in [2.75, 3.05) is 19.8 Å². The summed E-state index contributed by atoms with van der Waals surface area (Å²) in [5.74, 6) is 0.565. The number of amides is 1. The minimum absolute atomic E-state index is 0.0165. The van der Waals surface area contributed by atoms with Gasteiger partial charge in [-0.3, -0.25) is 15.1 Å². The van der Waals surface area contributed by atoms with Crippen LogP contribution in [0.5, 0.6) is 0 Å². The van der Waals surface area contributed by atoms with Crippen LogP contribution in [0.2, 0.25) is 0 Å². The van der Waals surface area contributed by atoms with Gasteiger partial charge in [0.15, 0.2) is 5.96 Å². The number of hydrogen-bond acceptors (Lipinski definition) is 3. The zero-order chi connectivity index (χ0) is 9.31. The summed E-state index contributed by atoms with van der Waals surface area (Å²) in [4.78, 5) is 15.7. The van der Waals surface area contributed by atoms with Crippen LogP contribution >= 0.6 is 0 Å². The van der Waals surface area contributed by atoms with E-state index in [1.807, 2.05) is 6.92 Å². The Morgan fingerprint density at radius 3 is 3.15 bits per heavy atom. The molecule has 1 unspecified atom stereocenters. The number of ether oxygens (including phenoxy) is 1. The Kier molecular flexibility index (Phi) is 1.95.